The molecule has 0 saturated heterocycles. The first-order valence-electron chi connectivity index (χ1n) is 7.76. The SMILES string of the molecule is Cc1cccc(OCCNC(=O)C(C)Oc2ccccc2)c1C. The van der Waals surface area contributed by atoms with Gasteiger partial charge in [-0.25, -0.2) is 0 Å². The van der Waals surface area contributed by atoms with Crippen LogP contribution in [-0.4, -0.2) is 25.2 Å². The predicted molar refractivity (Wildman–Crippen MR) is 91.0 cm³/mol. The lowest BCUT2D eigenvalue weighted by Crippen LogP contribution is -2.38. The van der Waals surface area contributed by atoms with Crippen LogP contribution in [0.15, 0.2) is 48.5 Å². The average Bonchev–Trinajstić information content (AvgIpc) is 2.56. The van der Waals surface area contributed by atoms with Gasteiger partial charge in [0.05, 0.1) is 6.54 Å². The van der Waals surface area contributed by atoms with Gasteiger partial charge in [0.1, 0.15) is 18.1 Å². The third-order valence-corrected chi connectivity index (χ3v) is 3.64. The van der Waals surface area contributed by atoms with Gasteiger partial charge in [-0.1, -0.05) is 30.3 Å². The van der Waals surface area contributed by atoms with Crippen LogP contribution in [0.3, 0.4) is 0 Å². The Kier molecular flexibility index (Phi) is 6.03. The second-order valence-corrected chi connectivity index (χ2v) is 5.41. The number of hydrogen-bond donors (Lipinski definition) is 1. The third kappa shape index (κ3) is 5.02. The summed E-state index contributed by atoms with van der Waals surface area (Å²) in [4.78, 5) is 12.0. The average molecular weight is 313 g/mol. The largest absolute Gasteiger partial charge is 0.491 e. The Balaban J connectivity index is 1.73. The lowest BCUT2D eigenvalue weighted by Gasteiger charge is -2.15. The lowest BCUT2D eigenvalue weighted by atomic mass is 10.1. The fourth-order valence-electron chi connectivity index (χ4n) is 2.12. The smallest absolute Gasteiger partial charge is 0.260 e. The van der Waals surface area contributed by atoms with Crippen molar-refractivity contribution < 1.29 is 14.3 Å². The molecule has 0 fully saturated rings. The molecule has 23 heavy (non-hydrogen) atoms. The lowest BCUT2D eigenvalue weighted by molar-refractivity contribution is -0.127. The zero-order valence-electron chi connectivity index (χ0n) is 13.8. The van der Waals surface area contributed by atoms with Gasteiger partial charge in [-0.3, -0.25) is 4.79 Å². The van der Waals surface area contributed by atoms with E-state index in [4.69, 9.17) is 9.47 Å². The number of rotatable bonds is 7. The molecule has 2 aromatic carbocycles. The molecule has 0 heterocycles. The number of hydrogen-bond acceptors (Lipinski definition) is 3. The van der Waals surface area contributed by atoms with Gasteiger partial charge < -0.3 is 14.8 Å². The van der Waals surface area contributed by atoms with Gasteiger partial charge in [0.2, 0.25) is 0 Å². The van der Waals surface area contributed by atoms with Gasteiger partial charge in [-0.2, -0.15) is 0 Å². The number of ether oxygens (including phenoxy) is 2. The summed E-state index contributed by atoms with van der Waals surface area (Å²) in [5.74, 6) is 1.38. The number of benzene rings is 2. The van der Waals surface area contributed by atoms with Gasteiger partial charge in [-0.15, -0.1) is 0 Å². The zero-order valence-corrected chi connectivity index (χ0v) is 13.8. The summed E-state index contributed by atoms with van der Waals surface area (Å²) in [5, 5.41) is 2.82. The molecule has 0 saturated carbocycles. The molecule has 122 valence electrons. The fraction of sp³-hybridized carbons (Fsp3) is 0.316. The number of aryl methyl sites for hydroxylation is 1. The molecule has 0 aliphatic rings. The molecule has 0 spiro atoms. The summed E-state index contributed by atoms with van der Waals surface area (Å²) in [5.41, 5.74) is 2.32. The number of carbonyl (C=O) groups excluding carboxylic acids is 1. The summed E-state index contributed by atoms with van der Waals surface area (Å²) in [6.07, 6.45) is -0.543. The Bertz CT molecular complexity index is 640. The van der Waals surface area contributed by atoms with Gasteiger partial charge in [-0.05, 0) is 50.1 Å². The van der Waals surface area contributed by atoms with Crippen LogP contribution >= 0.6 is 0 Å². The van der Waals surface area contributed by atoms with Crippen molar-refractivity contribution in [2.45, 2.75) is 26.9 Å². The van der Waals surface area contributed by atoms with E-state index in [0.717, 1.165) is 11.3 Å². The maximum atomic E-state index is 12.0. The molecule has 0 radical (unpaired) electrons. The first-order valence-corrected chi connectivity index (χ1v) is 7.76. The van der Waals surface area contributed by atoms with Crippen LogP contribution in [0.25, 0.3) is 0 Å². The second kappa shape index (κ2) is 8.22. The van der Waals surface area contributed by atoms with E-state index in [1.807, 2.05) is 62.4 Å². The summed E-state index contributed by atoms with van der Waals surface area (Å²) in [6.45, 7) is 6.67. The summed E-state index contributed by atoms with van der Waals surface area (Å²) < 4.78 is 11.3. The number of amides is 1. The Morgan fingerprint density at radius 1 is 1.09 bits per heavy atom. The van der Waals surface area contributed by atoms with Crippen LogP contribution in [0.5, 0.6) is 11.5 Å². The Labute approximate surface area is 137 Å². The predicted octanol–water partition coefficient (Wildman–Crippen LogP) is 3.27. The van der Waals surface area contributed by atoms with Crippen molar-refractivity contribution in [2.24, 2.45) is 0 Å². The van der Waals surface area contributed by atoms with Crippen LogP contribution < -0.4 is 14.8 Å². The number of para-hydroxylation sites is 1. The highest BCUT2D eigenvalue weighted by Gasteiger charge is 2.13. The van der Waals surface area contributed by atoms with E-state index in [2.05, 4.69) is 5.32 Å². The van der Waals surface area contributed by atoms with E-state index in [-0.39, 0.29) is 5.91 Å². The van der Waals surface area contributed by atoms with Gasteiger partial charge in [0, 0.05) is 0 Å². The summed E-state index contributed by atoms with van der Waals surface area (Å²) in [6, 6.07) is 15.3. The first kappa shape index (κ1) is 16.9. The van der Waals surface area contributed by atoms with Crippen molar-refractivity contribution in [1.82, 2.24) is 5.32 Å². The Morgan fingerprint density at radius 3 is 2.57 bits per heavy atom. The molecule has 0 aliphatic carbocycles. The number of carbonyl (C=O) groups is 1. The molecule has 1 atom stereocenters. The first-order chi connectivity index (χ1) is 11.1. The van der Waals surface area contributed by atoms with E-state index in [1.54, 1.807) is 6.92 Å². The molecule has 0 aromatic heterocycles. The number of nitrogens with one attached hydrogen (secondary N) is 1. The zero-order chi connectivity index (χ0) is 16.7. The van der Waals surface area contributed by atoms with Crippen molar-refractivity contribution in [3.63, 3.8) is 0 Å². The van der Waals surface area contributed by atoms with Gasteiger partial charge in [0.15, 0.2) is 6.10 Å². The van der Waals surface area contributed by atoms with E-state index in [0.29, 0.717) is 18.9 Å². The third-order valence-electron chi connectivity index (χ3n) is 3.64. The minimum absolute atomic E-state index is 0.154. The Hall–Kier alpha value is -2.49. The molecular formula is C19H23NO3. The standard InChI is InChI=1S/C19H23NO3/c1-14-8-7-11-18(15(14)2)22-13-12-20-19(21)16(3)23-17-9-5-4-6-10-17/h4-11,16H,12-13H2,1-3H3,(H,20,21). The highest BCUT2D eigenvalue weighted by Crippen LogP contribution is 2.20. The van der Waals surface area contributed by atoms with E-state index in [9.17, 15) is 4.79 Å². The highest BCUT2D eigenvalue weighted by molar-refractivity contribution is 5.80. The molecular weight excluding hydrogens is 290 g/mol. The Morgan fingerprint density at radius 2 is 1.83 bits per heavy atom. The summed E-state index contributed by atoms with van der Waals surface area (Å²) >= 11 is 0. The van der Waals surface area contributed by atoms with Crippen LogP contribution in [0.2, 0.25) is 0 Å². The minimum Gasteiger partial charge on any atom is -0.491 e. The quantitative estimate of drug-likeness (QED) is 0.798. The van der Waals surface area contributed by atoms with Crippen molar-refractivity contribution in [2.75, 3.05) is 13.2 Å². The molecule has 0 bridgehead atoms. The van der Waals surface area contributed by atoms with Crippen LogP contribution in [-0.2, 0) is 4.79 Å². The van der Waals surface area contributed by atoms with Crippen LogP contribution in [0.4, 0.5) is 0 Å². The summed E-state index contributed by atoms with van der Waals surface area (Å²) in [7, 11) is 0. The van der Waals surface area contributed by atoms with Crippen molar-refractivity contribution in [3.05, 3.63) is 59.7 Å². The fourth-order valence-corrected chi connectivity index (χ4v) is 2.12. The van der Waals surface area contributed by atoms with Crippen LogP contribution in [0.1, 0.15) is 18.1 Å². The minimum atomic E-state index is -0.543. The normalized spacial score (nSPS) is 11.6. The van der Waals surface area contributed by atoms with Gasteiger partial charge >= 0.3 is 0 Å². The van der Waals surface area contributed by atoms with E-state index < -0.39 is 6.10 Å². The molecule has 1 amide bonds. The highest BCUT2D eigenvalue weighted by atomic mass is 16.5. The monoisotopic (exact) mass is 313 g/mol. The molecule has 0 aliphatic heterocycles. The van der Waals surface area contributed by atoms with Crippen LogP contribution in [0, 0.1) is 13.8 Å². The van der Waals surface area contributed by atoms with E-state index in [1.165, 1.54) is 5.56 Å². The molecule has 2 aromatic rings. The van der Waals surface area contributed by atoms with E-state index >= 15 is 0 Å². The molecule has 2 rings (SSSR count). The molecule has 1 N–H and O–H groups in total. The topological polar surface area (TPSA) is 47.6 Å². The maximum absolute atomic E-state index is 12.0. The van der Waals surface area contributed by atoms with Gasteiger partial charge in [0.25, 0.3) is 5.91 Å². The van der Waals surface area contributed by atoms with Crippen molar-refractivity contribution in [1.29, 1.82) is 0 Å². The molecule has 1 unspecified atom stereocenters. The molecule has 4 nitrogen and oxygen atoms in total. The maximum Gasteiger partial charge on any atom is 0.260 e. The molecule has 4 heteroatoms. The van der Waals surface area contributed by atoms with Crippen molar-refractivity contribution in [3.8, 4) is 11.5 Å². The second-order valence-electron chi connectivity index (χ2n) is 5.41. The van der Waals surface area contributed by atoms with Crippen molar-refractivity contribution >= 4 is 5.91 Å².